The lowest BCUT2D eigenvalue weighted by Gasteiger charge is -2.28. The van der Waals surface area contributed by atoms with Crippen LogP contribution in [0.25, 0.3) is 5.57 Å². The molecule has 24 heavy (non-hydrogen) atoms. The van der Waals surface area contributed by atoms with Crippen molar-refractivity contribution in [2.45, 2.75) is 13.0 Å². The van der Waals surface area contributed by atoms with Gasteiger partial charge in [0.2, 0.25) is 0 Å². The Morgan fingerprint density at radius 1 is 1.25 bits per heavy atom. The van der Waals surface area contributed by atoms with Crippen LogP contribution >= 0.6 is 11.6 Å². The lowest BCUT2D eigenvalue weighted by atomic mass is 9.99. The fraction of sp³-hybridized carbons (Fsp3) is 0.222. The van der Waals surface area contributed by atoms with Gasteiger partial charge in [0.25, 0.3) is 5.69 Å². The van der Waals surface area contributed by atoms with Crippen molar-refractivity contribution in [3.05, 3.63) is 74.8 Å². The molecule has 0 unspecified atom stereocenters. The highest BCUT2D eigenvalue weighted by atomic mass is 35.5. The first-order valence-electron chi connectivity index (χ1n) is 7.67. The molecule has 0 saturated heterocycles. The minimum Gasteiger partial charge on any atom is -0.392 e. The van der Waals surface area contributed by atoms with Gasteiger partial charge in [-0.2, -0.15) is 0 Å². The van der Waals surface area contributed by atoms with Gasteiger partial charge in [-0.15, -0.1) is 0 Å². The number of aliphatic hydroxyl groups excluding tert-OH is 1. The predicted molar refractivity (Wildman–Crippen MR) is 95.3 cm³/mol. The average molecular weight is 345 g/mol. The highest BCUT2D eigenvalue weighted by Crippen LogP contribution is 2.34. The number of hydrogen-bond acceptors (Lipinski definition) is 4. The lowest BCUT2D eigenvalue weighted by Crippen LogP contribution is -2.29. The summed E-state index contributed by atoms with van der Waals surface area (Å²) < 4.78 is 0. The summed E-state index contributed by atoms with van der Waals surface area (Å²) in [4.78, 5) is 12.8. The van der Waals surface area contributed by atoms with Gasteiger partial charge in [0.15, 0.2) is 0 Å². The quantitative estimate of drug-likeness (QED) is 0.671. The average Bonchev–Trinajstić information content (AvgIpc) is 2.61. The molecular weight excluding hydrogens is 328 g/mol. The van der Waals surface area contributed by atoms with Crippen LogP contribution in [-0.4, -0.2) is 23.1 Å². The van der Waals surface area contributed by atoms with E-state index in [9.17, 15) is 15.2 Å². The van der Waals surface area contributed by atoms with Crippen molar-refractivity contribution in [2.75, 3.05) is 18.0 Å². The molecule has 0 spiro atoms. The van der Waals surface area contributed by atoms with Crippen LogP contribution in [0, 0.1) is 10.1 Å². The Bertz CT molecular complexity index is 805. The fourth-order valence-electron chi connectivity index (χ4n) is 2.93. The van der Waals surface area contributed by atoms with Crippen molar-refractivity contribution in [2.24, 2.45) is 0 Å². The zero-order valence-electron chi connectivity index (χ0n) is 13.0. The Hall–Kier alpha value is -2.37. The second-order valence-corrected chi connectivity index (χ2v) is 6.05. The number of nitro groups is 1. The molecule has 2 aromatic rings. The number of rotatable bonds is 4. The first-order valence-corrected chi connectivity index (χ1v) is 8.05. The molecule has 0 aliphatic carbocycles. The second kappa shape index (κ2) is 7.03. The minimum atomic E-state index is -0.385. The molecule has 1 aliphatic heterocycles. The Balaban J connectivity index is 1.89. The SMILES string of the molecule is O=[N+]([O-])c1ccc(CO)cc1N1CC=C(c2ccccc2Cl)CC1. The highest BCUT2D eigenvalue weighted by molar-refractivity contribution is 6.32. The number of halogens is 1. The highest BCUT2D eigenvalue weighted by Gasteiger charge is 2.22. The maximum atomic E-state index is 11.3. The van der Waals surface area contributed by atoms with Gasteiger partial charge in [0.1, 0.15) is 5.69 Å². The molecule has 0 amide bonds. The summed E-state index contributed by atoms with van der Waals surface area (Å²) in [6, 6.07) is 12.4. The summed E-state index contributed by atoms with van der Waals surface area (Å²) in [5.74, 6) is 0. The van der Waals surface area contributed by atoms with Crippen LogP contribution in [0.15, 0.2) is 48.5 Å². The Morgan fingerprint density at radius 2 is 2.04 bits per heavy atom. The van der Waals surface area contributed by atoms with Crippen molar-refractivity contribution in [3.8, 4) is 0 Å². The van der Waals surface area contributed by atoms with Crippen LogP contribution in [-0.2, 0) is 6.61 Å². The van der Waals surface area contributed by atoms with Crippen LogP contribution in [0.5, 0.6) is 0 Å². The molecule has 3 rings (SSSR count). The minimum absolute atomic E-state index is 0.0572. The van der Waals surface area contributed by atoms with E-state index in [2.05, 4.69) is 6.08 Å². The second-order valence-electron chi connectivity index (χ2n) is 5.64. The van der Waals surface area contributed by atoms with Gasteiger partial charge in [0.05, 0.1) is 11.5 Å². The van der Waals surface area contributed by atoms with Gasteiger partial charge in [-0.3, -0.25) is 10.1 Å². The van der Waals surface area contributed by atoms with E-state index in [1.54, 1.807) is 12.1 Å². The molecule has 1 aliphatic rings. The number of anilines is 1. The Kier molecular flexibility index (Phi) is 4.83. The van der Waals surface area contributed by atoms with Crippen LogP contribution in [0.2, 0.25) is 5.02 Å². The summed E-state index contributed by atoms with van der Waals surface area (Å²) >= 11 is 6.25. The lowest BCUT2D eigenvalue weighted by molar-refractivity contribution is -0.384. The first kappa shape index (κ1) is 16.5. The third-order valence-electron chi connectivity index (χ3n) is 4.19. The smallest absolute Gasteiger partial charge is 0.292 e. The molecule has 0 radical (unpaired) electrons. The standard InChI is InChI=1S/C18H17ClN2O3/c19-16-4-2-1-3-15(16)14-7-9-20(10-8-14)18-11-13(12-22)5-6-17(18)21(23)24/h1-7,11,22H,8-10,12H2. The number of benzene rings is 2. The van der Waals surface area contributed by atoms with E-state index >= 15 is 0 Å². The Morgan fingerprint density at radius 3 is 2.67 bits per heavy atom. The van der Waals surface area contributed by atoms with E-state index in [-0.39, 0.29) is 17.2 Å². The third kappa shape index (κ3) is 3.27. The maximum absolute atomic E-state index is 11.3. The van der Waals surface area contributed by atoms with Gasteiger partial charge < -0.3 is 10.0 Å². The summed E-state index contributed by atoms with van der Waals surface area (Å²) in [6.45, 7) is 1.09. The zero-order chi connectivity index (χ0) is 17.1. The molecule has 124 valence electrons. The van der Waals surface area contributed by atoms with E-state index in [0.717, 1.165) is 17.6 Å². The summed E-state index contributed by atoms with van der Waals surface area (Å²) in [5, 5.41) is 21.3. The van der Waals surface area contributed by atoms with Gasteiger partial charge in [-0.05, 0) is 41.3 Å². The molecule has 1 heterocycles. The number of hydrogen-bond donors (Lipinski definition) is 1. The molecule has 0 atom stereocenters. The van der Waals surface area contributed by atoms with Gasteiger partial charge in [-0.1, -0.05) is 35.9 Å². The largest absolute Gasteiger partial charge is 0.392 e. The van der Waals surface area contributed by atoms with Crippen LogP contribution < -0.4 is 4.90 Å². The van der Waals surface area contributed by atoms with E-state index in [1.165, 1.54) is 6.07 Å². The zero-order valence-corrected chi connectivity index (χ0v) is 13.7. The molecule has 1 N–H and O–H groups in total. The van der Waals surface area contributed by atoms with Crippen molar-refractivity contribution in [3.63, 3.8) is 0 Å². The van der Waals surface area contributed by atoms with Crippen LogP contribution in [0.3, 0.4) is 0 Å². The monoisotopic (exact) mass is 344 g/mol. The van der Waals surface area contributed by atoms with Gasteiger partial charge in [-0.25, -0.2) is 0 Å². The summed E-state index contributed by atoms with van der Waals surface area (Å²) in [6.07, 6.45) is 2.81. The maximum Gasteiger partial charge on any atom is 0.292 e. The van der Waals surface area contributed by atoms with Crippen LogP contribution in [0.1, 0.15) is 17.5 Å². The van der Waals surface area contributed by atoms with E-state index < -0.39 is 0 Å². The van der Waals surface area contributed by atoms with Gasteiger partial charge in [0, 0.05) is 24.2 Å². The van der Waals surface area contributed by atoms with E-state index in [0.29, 0.717) is 29.4 Å². The molecule has 0 bridgehead atoms. The number of nitro benzene ring substituents is 1. The van der Waals surface area contributed by atoms with Crippen LogP contribution in [0.4, 0.5) is 11.4 Å². The molecule has 0 saturated carbocycles. The number of nitrogens with zero attached hydrogens (tertiary/aromatic N) is 2. The summed E-state index contributed by atoms with van der Waals surface area (Å²) in [5.41, 5.74) is 3.43. The predicted octanol–water partition coefficient (Wildman–Crippen LogP) is 4.03. The molecule has 0 aromatic heterocycles. The fourth-order valence-corrected chi connectivity index (χ4v) is 3.19. The Labute approximate surface area is 144 Å². The van der Waals surface area contributed by atoms with Crippen molar-refractivity contribution >= 4 is 28.5 Å². The number of aliphatic hydroxyl groups is 1. The topological polar surface area (TPSA) is 66.6 Å². The summed E-state index contributed by atoms with van der Waals surface area (Å²) in [7, 11) is 0. The van der Waals surface area contributed by atoms with Gasteiger partial charge >= 0.3 is 0 Å². The molecule has 5 nitrogen and oxygen atoms in total. The molecular formula is C18H17ClN2O3. The van der Waals surface area contributed by atoms with Crippen molar-refractivity contribution in [1.29, 1.82) is 0 Å². The molecule has 0 fully saturated rings. The van der Waals surface area contributed by atoms with Crippen molar-refractivity contribution < 1.29 is 10.0 Å². The molecule has 2 aromatic carbocycles. The van der Waals surface area contributed by atoms with E-state index in [1.807, 2.05) is 29.2 Å². The first-order chi connectivity index (χ1) is 11.6. The third-order valence-corrected chi connectivity index (χ3v) is 4.52. The van der Waals surface area contributed by atoms with Crippen molar-refractivity contribution in [1.82, 2.24) is 0 Å². The molecule has 6 heteroatoms. The van der Waals surface area contributed by atoms with E-state index in [4.69, 9.17) is 11.6 Å². The normalized spacial score (nSPS) is 14.4.